The molecule has 0 aliphatic carbocycles. The maximum absolute atomic E-state index is 11.3. The predicted octanol–water partition coefficient (Wildman–Crippen LogP) is 2.29. The van der Waals surface area contributed by atoms with Crippen molar-refractivity contribution >= 4 is 11.9 Å². The molecule has 0 spiro atoms. The standard InChI is InChI=1S/C11H18O3/c1-3-5-6-9-7-8(4-2)10(12)14-11(9)13/h8-9H,3-7H2,1-2H3. The number of esters is 2. The van der Waals surface area contributed by atoms with Crippen LogP contribution < -0.4 is 0 Å². The lowest BCUT2D eigenvalue weighted by molar-refractivity contribution is -0.172. The van der Waals surface area contributed by atoms with Crippen LogP contribution in [-0.4, -0.2) is 11.9 Å². The fourth-order valence-electron chi connectivity index (χ4n) is 1.82. The summed E-state index contributed by atoms with van der Waals surface area (Å²) in [5.41, 5.74) is 0. The SMILES string of the molecule is CCCCC1CC(CC)C(=O)OC1=O. The van der Waals surface area contributed by atoms with Gasteiger partial charge in [0.05, 0.1) is 11.8 Å². The molecule has 80 valence electrons. The van der Waals surface area contributed by atoms with Crippen molar-refractivity contribution in [1.82, 2.24) is 0 Å². The van der Waals surface area contributed by atoms with E-state index in [-0.39, 0.29) is 23.8 Å². The maximum Gasteiger partial charge on any atom is 0.316 e. The van der Waals surface area contributed by atoms with E-state index in [9.17, 15) is 9.59 Å². The van der Waals surface area contributed by atoms with Gasteiger partial charge in [0.2, 0.25) is 0 Å². The van der Waals surface area contributed by atoms with Crippen molar-refractivity contribution in [2.24, 2.45) is 11.8 Å². The Labute approximate surface area is 84.8 Å². The zero-order chi connectivity index (χ0) is 10.6. The van der Waals surface area contributed by atoms with E-state index in [1.54, 1.807) is 0 Å². The minimum absolute atomic E-state index is 0.0439. The minimum atomic E-state index is -0.328. The van der Waals surface area contributed by atoms with Gasteiger partial charge in [-0.3, -0.25) is 9.59 Å². The third-order valence-corrected chi connectivity index (χ3v) is 2.84. The molecular formula is C11H18O3. The van der Waals surface area contributed by atoms with E-state index in [0.29, 0.717) is 6.42 Å². The van der Waals surface area contributed by atoms with Gasteiger partial charge in [-0.15, -0.1) is 0 Å². The second-order valence-electron chi connectivity index (χ2n) is 3.92. The second kappa shape index (κ2) is 5.13. The molecule has 1 heterocycles. The molecule has 0 aromatic carbocycles. The van der Waals surface area contributed by atoms with Crippen LogP contribution in [0.3, 0.4) is 0 Å². The van der Waals surface area contributed by atoms with Gasteiger partial charge >= 0.3 is 11.9 Å². The van der Waals surface area contributed by atoms with Gasteiger partial charge in [0, 0.05) is 0 Å². The Kier molecular flexibility index (Phi) is 4.11. The Morgan fingerprint density at radius 1 is 1.21 bits per heavy atom. The molecule has 1 rings (SSSR count). The van der Waals surface area contributed by atoms with E-state index < -0.39 is 0 Å². The molecule has 0 saturated carbocycles. The summed E-state index contributed by atoms with van der Waals surface area (Å²) in [5.74, 6) is -0.745. The van der Waals surface area contributed by atoms with Gasteiger partial charge in [0.1, 0.15) is 0 Å². The summed E-state index contributed by atoms with van der Waals surface area (Å²) in [6, 6.07) is 0. The summed E-state index contributed by atoms with van der Waals surface area (Å²) in [6.45, 7) is 4.05. The molecule has 0 radical (unpaired) electrons. The Morgan fingerprint density at radius 3 is 2.43 bits per heavy atom. The van der Waals surface area contributed by atoms with E-state index >= 15 is 0 Å². The Morgan fingerprint density at radius 2 is 1.86 bits per heavy atom. The molecule has 2 atom stereocenters. The van der Waals surface area contributed by atoms with Crippen LogP contribution in [0.4, 0.5) is 0 Å². The lowest BCUT2D eigenvalue weighted by Gasteiger charge is -2.25. The third kappa shape index (κ3) is 2.56. The first kappa shape index (κ1) is 11.2. The molecule has 1 aliphatic heterocycles. The summed E-state index contributed by atoms with van der Waals surface area (Å²) in [4.78, 5) is 22.5. The van der Waals surface area contributed by atoms with Crippen LogP contribution in [0.1, 0.15) is 46.0 Å². The van der Waals surface area contributed by atoms with Crippen molar-refractivity contribution in [3.8, 4) is 0 Å². The number of hydrogen-bond donors (Lipinski definition) is 0. The van der Waals surface area contributed by atoms with Crippen LogP contribution in [0.25, 0.3) is 0 Å². The van der Waals surface area contributed by atoms with Crippen molar-refractivity contribution in [3.05, 3.63) is 0 Å². The molecule has 0 N–H and O–H groups in total. The molecule has 0 aromatic heterocycles. The molecule has 2 unspecified atom stereocenters. The fourth-order valence-corrected chi connectivity index (χ4v) is 1.82. The Balaban J connectivity index is 2.51. The van der Waals surface area contributed by atoms with Crippen LogP contribution in [0.5, 0.6) is 0 Å². The molecule has 3 nitrogen and oxygen atoms in total. The number of rotatable bonds is 4. The topological polar surface area (TPSA) is 43.4 Å². The average Bonchev–Trinajstić information content (AvgIpc) is 2.17. The van der Waals surface area contributed by atoms with Crippen LogP contribution in [-0.2, 0) is 14.3 Å². The molecule has 1 aliphatic rings. The van der Waals surface area contributed by atoms with E-state index in [0.717, 1.165) is 25.7 Å². The quantitative estimate of drug-likeness (QED) is 0.514. The highest BCUT2D eigenvalue weighted by molar-refractivity contribution is 5.90. The number of cyclic esters (lactones) is 2. The molecular weight excluding hydrogens is 180 g/mol. The van der Waals surface area contributed by atoms with Crippen LogP contribution in [0.2, 0.25) is 0 Å². The second-order valence-corrected chi connectivity index (χ2v) is 3.92. The summed E-state index contributed by atoms with van der Waals surface area (Å²) in [5, 5.41) is 0. The molecule has 0 aromatic rings. The van der Waals surface area contributed by atoms with Gasteiger partial charge in [-0.05, 0) is 19.3 Å². The maximum atomic E-state index is 11.3. The summed E-state index contributed by atoms with van der Waals surface area (Å²) >= 11 is 0. The third-order valence-electron chi connectivity index (χ3n) is 2.84. The van der Waals surface area contributed by atoms with E-state index in [1.807, 2.05) is 6.92 Å². The summed E-state index contributed by atoms with van der Waals surface area (Å²) < 4.78 is 4.72. The Bertz CT molecular complexity index is 223. The number of carbonyl (C=O) groups excluding carboxylic acids is 2. The average molecular weight is 198 g/mol. The smallest absolute Gasteiger partial charge is 0.316 e. The minimum Gasteiger partial charge on any atom is -0.393 e. The first-order chi connectivity index (χ1) is 6.69. The van der Waals surface area contributed by atoms with Gasteiger partial charge in [-0.2, -0.15) is 0 Å². The highest BCUT2D eigenvalue weighted by atomic mass is 16.6. The first-order valence-electron chi connectivity index (χ1n) is 5.44. The Hall–Kier alpha value is -0.860. The number of carbonyl (C=O) groups is 2. The highest BCUT2D eigenvalue weighted by Gasteiger charge is 2.35. The van der Waals surface area contributed by atoms with Gasteiger partial charge in [0.15, 0.2) is 0 Å². The fraction of sp³-hybridized carbons (Fsp3) is 0.818. The van der Waals surface area contributed by atoms with Gasteiger partial charge in [0.25, 0.3) is 0 Å². The van der Waals surface area contributed by atoms with E-state index in [1.165, 1.54) is 0 Å². The molecule has 1 saturated heterocycles. The number of ether oxygens (including phenoxy) is 1. The normalized spacial score (nSPS) is 27.6. The van der Waals surface area contributed by atoms with Crippen molar-refractivity contribution in [3.63, 3.8) is 0 Å². The lowest BCUT2D eigenvalue weighted by Crippen LogP contribution is -2.34. The van der Waals surface area contributed by atoms with Crippen molar-refractivity contribution in [2.75, 3.05) is 0 Å². The van der Waals surface area contributed by atoms with Crippen molar-refractivity contribution in [2.45, 2.75) is 46.0 Å². The van der Waals surface area contributed by atoms with Crippen LogP contribution in [0.15, 0.2) is 0 Å². The zero-order valence-electron chi connectivity index (χ0n) is 8.91. The zero-order valence-corrected chi connectivity index (χ0v) is 8.91. The number of hydrogen-bond acceptors (Lipinski definition) is 3. The first-order valence-corrected chi connectivity index (χ1v) is 5.44. The summed E-state index contributed by atoms with van der Waals surface area (Å²) in [7, 11) is 0. The van der Waals surface area contributed by atoms with Gasteiger partial charge in [-0.25, -0.2) is 0 Å². The molecule has 0 amide bonds. The molecule has 3 heteroatoms. The van der Waals surface area contributed by atoms with Crippen molar-refractivity contribution < 1.29 is 14.3 Å². The largest absolute Gasteiger partial charge is 0.393 e. The highest BCUT2D eigenvalue weighted by Crippen LogP contribution is 2.27. The lowest BCUT2D eigenvalue weighted by atomic mass is 9.87. The van der Waals surface area contributed by atoms with E-state index in [2.05, 4.69) is 6.92 Å². The van der Waals surface area contributed by atoms with Crippen molar-refractivity contribution in [1.29, 1.82) is 0 Å². The van der Waals surface area contributed by atoms with Gasteiger partial charge < -0.3 is 4.74 Å². The molecule has 1 fully saturated rings. The molecule has 0 bridgehead atoms. The predicted molar refractivity (Wildman–Crippen MR) is 52.5 cm³/mol. The van der Waals surface area contributed by atoms with Crippen LogP contribution >= 0.6 is 0 Å². The van der Waals surface area contributed by atoms with E-state index in [4.69, 9.17) is 4.74 Å². The monoisotopic (exact) mass is 198 g/mol. The van der Waals surface area contributed by atoms with Gasteiger partial charge in [-0.1, -0.05) is 26.7 Å². The molecule has 14 heavy (non-hydrogen) atoms. The summed E-state index contributed by atoms with van der Waals surface area (Å²) in [6.07, 6.45) is 4.43. The number of unbranched alkanes of at least 4 members (excludes halogenated alkanes) is 1. The van der Waals surface area contributed by atoms with Crippen LogP contribution in [0, 0.1) is 11.8 Å².